The fraction of sp³-hybridized carbons (Fsp3) is 1.00. The Bertz CT molecular complexity index is 74.2. The van der Waals surface area contributed by atoms with Crippen molar-refractivity contribution < 1.29 is 10.2 Å². The smallest absolute Gasteiger partial charge is 0.0662 e. The summed E-state index contributed by atoms with van der Waals surface area (Å²) in [5.74, 6) is 0. The van der Waals surface area contributed by atoms with Gasteiger partial charge in [0.2, 0.25) is 0 Å². The maximum absolute atomic E-state index is 8.86. The highest BCUT2D eigenvalue weighted by molar-refractivity contribution is 4.53. The van der Waals surface area contributed by atoms with Crippen molar-refractivity contribution in [2.24, 2.45) is 5.73 Å². The number of rotatable bonds is 4. The Kier molecular flexibility index (Phi) is 13.1. The summed E-state index contributed by atoms with van der Waals surface area (Å²) in [6.07, 6.45) is 2.64. The predicted molar refractivity (Wildman–Crippen MR) is 51.9 cm³/mol. The number of hydrogen-bond acceptors (Lipinski definition) is 3. The van der Waals surface area contributed by atoms with Gasteiger partial charge in [-0.15, -0.1) is 0 Å². The predicted octanol–water partition coefficient (Wildman–Crippen LogP) is 0.883. The third-order valence-electron chi connectivity index (χ3n) is 1.16. The zero-order chi connectivity index (χ0) is 9.98. The largest absolute Gasteiger partial charge is 0.394 e. The molecule has 0 heterocycles. The van der Waals surface area contributed by atoms with Gasteiger partial charge in [0.05, 0.1) is 6.10 Å². The Morgan fingerprint density at radius 1 is 1.25 bits per heavy atom. The highest BCUT2D eigenvalue weighted by Crippen LogP contribution is 1.97. The van der Waals surface area contributed by atoms with Crippen molar-refractivity contribution in [2.45, 2.75) is 52.2 Å². The summed E-state index contributed by atoms with van der Waals surface area (Å²) in [6.45, 7) is 5.95. The van der Waals surface area contributed by atoms with Crippen molar-refractivity contribution in [3.8, 4) is 0 Å². The van der Waals surface area contributed by atoms with Crippen molar-refractivity contribution in [1.29, 1.82) is 0 Å². The normalized spacial score (nSPS) is 12.2. The first-order valence-corrected chi connectivity index (χ1v) is 4.60. The average molecular weight is 177 g/mol. The van der Waals surface area contributed by atoms with Crippen molar-refractivity contribution in [3.05, 3.63) is 0 Å². The Balaban J connectivity index is 0. The van der Waals surface area contributed by atoms with E-state index in [2.05, 4.69) is 6.92 Å². The van der Waals surface area contributed by atoms with Gasteiger partial charge < -0.3 is 15.9 Å². The number of nitrogens with two attached hydrogens (primary N) is 1. The second kappa shape index (κ2) is 10.9. The first-order chi connectivity index (χ1) is 5.54. The zero-order valence-corrected chi connectivity index (χ0v) is 8.45. The van der Waals surface area contributed by atoms with Crippen LogP contribution in [0.15, 0.2) is 0 Å². The maximum Gasteiger partial charge on any atom is 0.0662 e. The standard InChI is InChI=1S/C6H15NO.C3H8O/c1-2-3-4-6(8)5-7;1-3(2)4/h6,8H,2-5,7H2,1H3;3-4H,1-2H3. The summed E-state index contributed by atoms with van der Waals surface area (Å²) in [5.41, 5.74) is 5.16. The van der Waals surface area contributed by atoms with E-state index in [1.54, 1.807) is 13.8 Å². The molecular formula is C9H23NO2. The van der Waals surface area contributed by atoms with Crippen LogP contribution < -0.4 is 5.73 Å². The molecule has 0 rings (SSSR count). The molecule has 0 aliphatic rings. The van der Waals surface area contributed by atoms with Gasteiger partial charge in [0, 0.05) is 12.6 Å². The van der Waals surface area contributed by atoms with Crippen molar-refractivity contribution in [3.63, 3.8) is 0 Å². The van der Waals surface area contributed by atoms with Gasteiger partial charge in [-0.05, 0) is 20.3 Å². The molecule has 0 fully saturated rings. The van der Waals surface area contributed by atoms with Gasteiger partial charge in [-0.25, -0.2) is 0 Å². The highest BCUT2D eigenvalue weighted by Gasteiger charge is 1.96. The molecule has 0 aliphatic carbocycles. The number of aliphatic hydroxyl groups is 2. The molecule has 3 heteroatoms. The Morgan fingerprint density at radius 2 is 1.67 bits per heavy atom. The van der Waals surface area contributed by atoms with E-state index in [0.717, 1.165) is 19.3 Å². The van der Waals surface area contributed by atoms with Crippen LogP contribution in [0.4, 0.5) is 0 Å². The van der Waals surface area contributed by atoms with E-state index < -0.39 is 0 Å². The highest BCUT2D eigenvalue weighted by atomic mass is 16.3. The molecule has 0 amide bonds. The van der Waals surface area contributed by atoms with Crippen LogP contribution in [0.2, 0.25) is 0 Å². The molecule has 0 aromatic carbocycles. The van der Waals surface area contributed by atoms with E-state index in [-0.39, 0.29) is 12.2 Å². The van der Waals surface area contributed by atoms with Gasteiger partial charge in [0.15, 0.2) is 0 Å². The van der Waals surface area contributed by atoms with Gasteiger partial charge in [-0.2, -0.15) is 0 Å². The van der Waals surface area contributed by atoms with Gasteiger partial charge in [0.25, 0.3) is 0 Å². The summed E-state index contributed by atoms with van der Waals surface area (Å²) >= 11 is 0. The van der Waals surface area contributed by atoms with Crippen LogP contribution >= 0.6 is 0 Å². The lowest BCUT2D eigenvalue weighted by atomic mass is 10.2. The third-order valence-corrected chi connectivity index (χ3v) is 1.16. The second-order valence-electron chi connectivity index (χ2n) is 3.13. The monoisotopic (exact) mass is 177 g/mol. The molecule has 0 aromatic rings. The lowest BCUT2D eigenvalue weighted by Gasteiger charge is -2.03. The fourth-order valence-corrected chi connectivity index (χ4v) is 0.558. The van der Waals surface area contributed by atoms with Crippen molar-refractivity contribution >= 4 is 0 Å². The molecule has 76 valence electrons. The summed E-state index contributed by atoms with van der Waals surface area (Å²) in [6, 6.07) is 0. The minimum absolute atomic E-state index is 0.167. The van der Waals surface area contributed by atoms with Crippen LogP contribution in [-0.2, 0) is 0 Å². The number of hydrogen-bond donors (Lipinski definition) is 3. The SMILES string of the molecule is CC(C)O.CCCCC(O)CN. The molecule has 0 aliphatic heterocycles. The fourth-order valence-electron chi connectivity index (χ4n) is 0.558. The summed E-state index contributed by atoms with van der Waals surface area (Å²) in [7, 11) is 0. The summed E-state index contributed by atoms with van der Waals surface area (Å²) in [4.78, 5) is 0. The Labute approximate surface area is 75.6 Å². The van der Waals surface area contributed by atoms with Crippen LogP contribution in [0.1, 0.15) is 40.0 Å². The average Bonchev–Trinajstić information content (AvgIpc) is 1.99. The van der Waals surface area contributed by atoms with Crippen LogP contribution in [-0.4, -0.2) is 29.0 Å². The third kappa shape index (κ3) is 22.5. The van der Waals surface area contributed by atoms with E-state index in [1.807, 2.05) is 0 Å². The minimum atomic E-state index is -0.269. The Morgan fingerprint density at radius 3 is 1.92 bits per heavy atom. The van der Waals surface area contributed by atoms with E-state index in [1.165, 1.54) is 0 Å². The topological polar surface area (TPSA) is 66.5 Å². The van der Waals surface area contributed by atoms with Crippen LogP contribution in [0, 0.1) is 0 Å². The first kappa shape index (κ1) is 14.4. The molecule has 4 N–H and O–H groups in total. The van der Waals surface area contributed by atoms with Gasteiger partial charge in [-0.1, -0.05) is 19.8 Å². The van der Waals surface area contributed by atoms with Crippen molar-refractivity contribution in [2.75, 3.05) is 6.54 Å². The Hall–Kier alpha value is -0.120. The maximum atomic E-state index is 8.86. The molecule has 0 radical (unpaired) electrons. The van der Waals surface area contributed by atoms with Gasteiger partial charge in [-0.3, -0.25) is 0 Å². The molecule has 0 spiro atoms. The summed E-state index contributed by atoms with van der Waals surface area (Å²) in [5, 5.41) is 16.9. The number of aliphatic hydroxyl groups excluding tert-OH is 2. The van der Waals surface area contributed by atoms with Crippen LogP contribution in [0.5, 0.6) is 0 Å². The van der Waals surface area contributed by atoms with E-state index >= 15 is 0 Å². The molecule has 3 nitrogen and oxygen atoms in total. The molecule has 0 saturated heterocycles. The minimum Gasteiger partial charge on any atom is -0.394 e. The quantitative estimate of drug-likeness (QED) is 0.597. The van der Waals surface area contributed by atoms with Gasteiger partial charge in [0.1, 0.15) is 0 Å². The molecule has 12 heavy (non-hydrogen) atoms. The first-order valence-electron chi connectivity index (χ1n) is 4.60. The molecule has 0 saturated carbocycles. The summed E-state index contributed by atoms with van der Waals surface area (Å²) < 4.78 is 0. The molecule has 0 bridgehead atoms. The molecule has 1 unspecified atom stereocenters. The van der Waals surface area contributed by atoms with E-state index in [0.29, 0.717) is 6.54 Å². The molecule has 1 atom stereocenters. The lowest BCUT2D eigenvalue weighted by Crippen LogP contribution is -2.18. The zero-order valence-electron chi connectivity index (χ0n) is 8.45. The van der Waals surface area contributed by atoms with Crippen LogP contribution in [0.25, 0.3) is 0 Å². The second-order valence-corrected chi connectivity index (χ2v) is 3.13. The van der Waals surface area contributed by atoms with Gasteiger partial charge >= 0.3 is 0 Å². The number of unbranched alkanes of at least 4 members (excludes halogenated alkanes) is 1. The van der Waals surface area contributed by atoms with Crippen LogP contribution in [0.3, 0.4) is 0 Å². The van der Waals surface area contributed by atoms with Crippen molar-refractivity contribution in [1.82, 2.24) is 0 Å². The lowest BCUT2D eigenvalue weighted by molar-refractivity contribution is 0.169. The van der Waals surface area contributed by atoms with E-state index in [9.17, 15) is 0 Å². The van der Waals surface area contributed by atoms with E-state index in [4.69, 9.17) is 15.9 Å². The molecular weight excluding hydrogens is 154 g/mol. The molecule has 0 aromatic heterocycles.